The van der Waals surface area contributed by atoms with Gasteiger partial charge in [-0.1, -0.05) is 0 Å². The molecule has 1 fully saturated rings. The molecule has 1 atom stereocenters. The number of aromatic nitrogens is 1. The molecule has 9 heteroatoms. The molecule has 2 heterocycles. The summed E-state index contributed by atoms with van der Waals surface area (Å²) < 4.78 is 1.73. The third-order valence-corrected chi connectivity index (χ3v) is 5.88. The van der Waals surface area contributed by atoms with Crippen molar-refractivity contribution in [2.45, 2.75) is 18.9 Å². The molecular formula is C12H9N3O5Se. The Bertz CT molecular complexity index is 837. The van der Waals surface area contributed by atoms with E-state index in [1.165, 1.54) is 21.8 Å². The van der Waals surface area contributed by atoms with Gasteiger partial charge in [0, 0.05) is 0 Å². The van der Waals surface area contributed by atoms with Gasteiger partial charge < -0.3 is 0 Å². The van der Waals surface area contributed by atoms with Gasteiger partial charge in [0.15, 0.2) is 0 Å². The van der Waals surface area contributed by atoms with Gasteiger partial charge in [0.2, 0.25) is 0 Å². The summed E-state index contributed by atoms with van der Waals surface area (Å²) in [4.78, 5) is 45.9. The van der Waals surface area contributed by atoms with Crippen molar-refractivity contribution >= 4 is 41.9 Å². The summed E-state index contributed by atoms with van der Waals surface area (Å²) in [5.74, 6) is -0.879. The first kappa shape index (κ1) is 13.7. The van der Waals surface area contributed by atoms with E-state index in [1.54, 1.807) is 0 Å². The van der Waals surface area contributed by atoms with Crippen LogP contribution in [-0.4, -0.2) is 35.0 Å². The minimum absolute atomic E-state index is 0.101. The van der Waals surface area contributed by atoms with E-state index in [0.717, 1.165) is 0 Å². The predicted octanol–water partition coefficient (Wildman–Crippen LogP) is -0.0556. The Morgan fingerprint density at radius 1 is 1.33 bits per heavy atom. The van der Waals surface area contributed by atoms with Crippen molar-refractivity contribution in [1.82, 2.24) is 8.88 Å². The number of imide groups is 1. The Morgan fingerprint density at radius 3 is 2.76 bits per heavy atom. The molecule has 2 aromatic rings. The maximum atomic E-state index is 12.4. The predicted molar refractivity (Wildman–Crippen MR) is 73.2 cm³/mol. The standard InChI is InChI=1S/C12H9N3O5Se/c16-9-5-4-8(11(17)13-9)14-12(18)6-2-1-3-7(15(19)20)10(6)21-14/h1-3,8H,4-5H2,(H,13,16,17). The molecule has 0 saturated carbocycles. The molecule has 1 unspecified atom stereocenters. The van der Waals surface area contributed by atoms with Crippen LogP contribution in [0.5, 0.6) is 0 Å². The third kappa shape index (κ3) is 2.20. The van der Waals surface area contributed by atoms with Gasteiger partial charge in [0.25, 0.3) is 0 Å². The molecule has 0 spiro atoms. The van der Waals surface area contributed by atoms with Gasteiger partial charge in [-0.3, -0.25) is 0 Å². The maximum absolute atomic E-state index is 12.4. The van der Waals surface area contributed by atoms with Crippen molar-refractivity contribution in [3.05, 3.63) is 38.7 Å². The zero-order chi connectivity index (χ0) is 15.1. The molecule has 8 nitrogen and oxygen atoms in total. The summed E-state index contributed by atoms with van der Waals surface area (Å²) >= 11 is -0.640. The average molecular weight is 354 g/mol. The molecule has 108 valence electrons. The van der Waals surface area contributed by atoms with Gasteiger partial charge in [-0.15, -0.1) is 0 Å². The number of carbonyl (C=O) groups excluding carboxylic acids is 2. The van der Waals surface area contributed by atoms with E-state index in [9.17, 15) is 24.5 Å². The van der Waals surface area contributed by atoms with Gasteiger partial charge in [-0.25, -0.2) is 0 Å². The monoisotopic (exact) mass is 355 g/mol. The first-order valence-electron chi connectivity index (χ1n) is 6.11. The van der Waals surface area contributed by atoms with Crippen LogP contribution in [0.2, 0.25) is 0 Å². The summed E-state index contributed by atoms with van der Waals surface area (Å²) in [6.45, 7) is 0. The first-order valence-corrected chi connectivity index (χ1v) is 7.74. The summed E-state index contributed by atoms with van der Waals surface area (Å²) in [5.41, 5.74) is -0.487. The van der Waals surface area contributed by atoms with E-state index in [1.807, 2.05) is 0 Å². The molecule has 2 amide bonds. The van der Waals surface area contributed by atoms with Crippen molar-refractivity contribution in [2.75, 3.05) is 0 Å². The summed E-state index contributed by atoms with van der Waals surface area (Å²) in [7, 11) is 0. The molecular weight excluding hydrogens is 345 g/mol. The second-order valence-corrected chi connectivity index (χ2v) is 6.67. The fourth-order valence-corrected chi connectivity index (χ4v) is 4.81. The summed E-state index contributed by atoms with van der Waals surface area (Å²) in [5, 5.41) is 13.5. The van der Waals surface area contributed by atoms with Crippen LogP contribution >= 0.6 is 0 Å². The number of hydrogen-bond donors (Lipinski definition) is 1. The van der Waals surface area contributed by atoms with Crippen molar-refractivity contribution in [3.63, 3.8) is 0 Å². The first-order chi connectivity index (χ1) is 9.99. The number of piperidine rings is 1. The van der Waals surface area contributed by atoms with E-state index in [0.29, 0.717) is 4.26 Å². The normalized spacial score (nSPS) is 18.8. The van der Waals surface area contributed by atoms with Crippen LogP contribution in [0.4, 0.5) is 5.69 Å². The zero-order valence-electron chi connectivity index (χ0n) is 10.6. The van der Waals surface area contributed by atoms with Crippen LogP contribution in [0.15, 0.2) is 23.0 Å². The van der Waals surface area contributed by atoms with Crippen LogP contribution in [0, 0.1) is 10.1 Å². The van der Waals surface area contributed by atoms with Crippen molar-refractivity contribution in [1.29, 1.82) is 0 Å². The Labute approximate surface area is 123 Å². The van der Waals surface area contributed by atoms with Crippen LogP contribution in [0.25, 0.3) is 9.65 Å². The van der Waals surface area contributed by atoms with Gasteiger partial charge in [-0.2, -0.15) is 0 Å². The molecule has 21 heavy (non-hydrogen) atoms. The number of nitro benzene ring substituents is 1. The Morgan fingerprint density at radius 2 is 2.10 bits per heavy atom. The van der Waals surface area contributed by atoms with Crippen LogP contribution in [0.3, 0.4) is 0 Å². The van der Waals surface area contributed by atoms with E-state index < -0.39 is 31.6 Å². The second kappa shape index (κ2) is 4.94. The Balaban J connectivity index is 2.16. The Kier molecular flexibility index (Phi) is 3.23. The van der Waals surface area contributed by atoms with E-state index in [2.05, 4.69) is 5.32 Å². The number of nitrogens with zero attached hydrogens (tertiary/aromatic N) is 2. The molecule has 0 radical (unpaired) electrons. The number of non-ortho nitro benzene ring substituents is 1. The van der Waals surface area contributed by atoms with E-state index in [-0.39, 0.29) is 35.4 Å². The number of fused-ring (bicyclic) bond motifs is 1. The zero-order valence-corrected chi connectivity index (χ0v) is 12.3. The van der Waals surface area contributed by atoms with Crippen molar-refractivity contribution in [3.8, 4) is 0 Å². The number of nitrogens with one attached hydrogen (secondary N) is 1. The molecule has 1 aliphatic heterocycles. The van der Waals surface area contributed by atoms with Gasteiger partial charge in [-0.05, 0) is 0 Å². The van der Waals surface area contributed by atoms with Crippen molar-refractivity contribution in [2.24, 2.45) is 0 Å². The number of benzene rings is 1. The fourth-order valence-electron chi connectivity index (χ4n) is 2.30. The Hall–Kier alpha value is -2.25. The van der Waals surface area contributed by atoms with Gasteiger partial charge in [0.1, 0.15) is 0 Å². The van der Waals surface area contributed by atoms with Crippen LogP contribution in [-0.2, 0) is 9.59 Å². The topological polar surface area (TPSA) is 111 Å². The number of rotatable bonds is 2. The van der Waals surface area contributed by atoms with Crippen LogP contribution < -0.4 is 10.9 Å². The quantitative estimate of drug-likeness (QED) is 0.352. The minimum atomic E-state index is -0.734. The van der Waals surface area contributed by atoms with Crippen molar-refractivity contribution < 1.29 is 14.5 Å². The molecule has 1 saturated heterocycles. The van der Waals surface area contributed by atoms with E-state index in [4.69, 9.17) is 0 Å². The van der Waals surface area contributed by atoms with Gasteiger partial charge in [0.05, 0.1) is 0 Å². The third-order valence-electron chi connectivity index (χ3n) is 3.30. The second-order valence-electron chi connectivity index (χ2n) is 4.60. The number of hydrogen-bond acceptors (Lipinski definition) is 5. The molecule has 1 aliphatic rings. The fraction of sp³-hybridized carbons (Fsp3) is 0.250. The molecule has 3 rings (SSSR count). The number of carbonyl (C=O) groups is 2. The summed E-state index contributed by atoms with van der Waals surface area (Å²) in [6.07, 6.45) is 0.411. The number of amides is 2. The molecule has 0 aliphatic carbocycles. The van der Waals surface area contributed by atoms with Gasteiger partial charge >= 0.3 is 123 Å². The molecule has 1 N–H and O–H groups in total. The molecule has 1 aromatic heterocycles. The molecule has 1 aromatic carbocycles. The summed E-state index contributed by atoms with van der Waals surface area (Å²) in [6, 6.07) is 3.60. The van der Waals surface area contributed by atoms with Crippen LogP contribution in [0.1, 0.15) is 18.9 Å². The van der Waals surface area contributed by atoms with E-state index >= 15 is 0 Å². The SMILES string of the molecule is O=C1CCC(n2[se]c3c([N+](=O)[O-])cccc3c2=O)C(=O)N1. The number of nitro groups is 1. The molecule has 0 bridgehead atoms. The average Bonchev–Trinajstić information content (AvgIpc) is 2.76.